The largest absolute Gasteiger partial charge is 0.383 e. The third-order valence-electron chi connectivity index (χ3n) is 3.18. The number of aromatic nitrogens is 2. The average molecular weight is 309 g/mol. The summed E-state index contributed by atoms with van der Waals surface area (Å²) < 4.78 is 26.9. The molecule has 0 saturated heterocycles. The lowest BCUT2D eigenvalue weighted by atomic mass is 10.1. The second-order valence-corrected chi connectivity index (χ2v) is 7.18. The highest BCUT2D eigenvalue weighted by atomic mass is 32.2. The van der Waals surface area contributed by atoms with E-state index < -0.39 is 10.0 Å². The minimum Gasteiger partial charge on any atom is -0.383 e. The van der Waals surface area contributed by atoms with Gasteiger partial charge in [-0.05, 0) is 24.8 Å². The molecule has 0 fully saturated rings. The number of anilines is 2. The van der Waals surface area contributed by atoms with Crippen LogP contribution in [0.3, 0.4) is 0 Å². The highest BCUT2D eigenvalue weighted by Gasteiger charge is 2.26. The number of thiophene rings is 1. The summed E-state index contributed by atoms with van der Waals surface area (Å²) in [7, 11) is -3.83. The maximum absolute atomic E-state index is 12.2. The maximum atomic E-state index is 12.2. The van der Waals surface area contributed by atoms with Gasteiger partial charge in [0, 0.05) is 4.88 Å². The molecule has 0 aliphatic heterocycles. The highest BCUT2D eigenvalue weighted by molar-refractivity contribution is 7.93. The van der Waals surface area contributed by atoms with Gasteiger partial charge in [0.05, 0.1) is 11.8 Å². The van der Waals surface area contributed by atoms with E-state index in [0.29, 0.717) is 10.6 Å². The number of nitrogens with zero attached hydrogens (tertiary/aromatic N) is 2. The van der Waals surface area contributed by atoms with Crippen LogP contribution in [-0.4, -0.2) is 18.6 Å². The number of hydrogen-bond donors (Lipinski definition) is 3. The van der Waals surface area contributed by atoms with Crippen LogP contribution in [0.25, 0.3) is 0 Å². The molecule has 3 rings (SSSR count). The van der Waals surface area contributed by atoms with Gasteiger partial charge in [0.2, 0.25) is 0 Å². The quantitative estimate of drug-likeness (QED) is 0.786. The maximum Gasteiger partial charge on any atom is 0.267 e. The number of aromatic amines is 1. The molecular formula is C11H11N5O2S2. The van der Waals surface area contributed by atoms with Gasteiger partial charge >= 0.3 is 0 Å². The van der Waals surface area contributed by atoms with Crippen molar-refractivity contribution in [1.82, 2.24) is 10.2 Å². The summed E-state index contributed by atoms with van der Waals surface area (Å²) in [5.41, 5.74) is 6.92. The van der Waals surface area contributed by atoms with E-state index in [0.717, 1.165) is 35.9 Å². The van der Waals surface area contributed by atoms with Crippen molar-refractivity contribution in [1.29, 1.82) is 5.26 Å². The van der Waals surface area contributed by atoms with Crippen molar-refractivity contribution in [2.75, 3.05) is 10.5 Å². The van der Waals surface area contributed by atoms with Crippen LogP contribution in [0.1, 0.15) is 22.4 Å². The first-order valence-corrected chi connectivity index (χ1v) is 8.19. The third-order valence-corrected chi connectivity index (χ3v) is 5.90. The van der Waals surface area contributed by atoms with Crippen molar-refractivity contribution in [2.45, 2.75) is 24.2 Å². The fourth-order valence-electron chi connectivity index (χ4n) is 2.27. The molecule has 4 N–H and O–H groups in total. The molecule has 0 bridgehead atoms. The van der Waals surface area contributed by atoms with Gasteiger partial charge < -0.3 is 5.73 Å². The lowest BCUT2D eigenvalue weighted by molar-refractivity contribution is 0.602. The van der Waals surface area contributed by atoms with E-state index >= 15 is 0 Å². The van der Waals surface area contributed by atoms with Crippen molar-refractivity contribution in [3.63, 3.8) is 0 Å². The molecule has 2 aromatic rings. The van der Waals surface area contributed by atoms with Crippen molar-refractivity contribution >= 4 is 32.2 Å². The Hall–Kier alpha value is -2.05. The van der Waals surface area contributed by atoms with Crippen LogP contribution in [0.4, 0.5) is 10.8 Å². The SMILES string of the molecule is N#Cc1c(NS(=O)(=O)c2cn[nH]c2N)sc2c1CCC2. The molecule has 0 unspecified atom stereocenters. The van der Waals surface area contributed by atoms with Gasteiger partial charge in [-0.2, -0.15) is 10.4 Å². The number of rotatable bonds is 3. The van der Waals surface area contributed by atoms with E-state index in [9.17, 15) is 13.7 Å². The van der Waals surface area contributed by atoms with Crippen molar-refractivity contribution in [2.24, 2.45) is 0 Å². The zero-order chi connectivity index (χ0) is 14.3. The van der Waals surface area contributed by atoms with Crippen LogP contribution in [0.5, 0.6) is 0 Å². The summed E-state index contributed by atoms with van der Waals surface area (Å²) in [5, 5.41) is 15.6. The highest BCUT2D eigenvalue weighted by Crippen LogP contribution is 2.39. The van der Waals surface area contributed by atoms with Crippen LogP contribution in [0.15, 0.2) is 11.1 Å². The Morgan fingerprint density at radius 1 is 1.50 bits per heavy atom. The molecule has 104 valence electrons. The minimum absolute atomic E-state index is 0.0277. The molecular weight excluding hydrogens is 298 g/mol. The molecule has 2 aromatic heterocycles. The molecule has 0 aromatic carbocycles. The Morgan fingerprint density at radius 3 is 2.95 bits per heavy atom. The van der Waals surface area contributed by atoms with E-state index in [1.54, 1.807) is 0 Å². The predicted octanol–water partition coefficient (Wildman–Crippen LogP) is 1.21. The molecule has 1 aliphatic rings. The number of hydrogen-bond acceptors (Lipinski definition) is 6. The second-order valence-electron chi connectivity index (χ2n) is 4.43. The molecule has 0 radical (unpaired) electrons. The first kappa shape index (κ1) is 13.0. The van der Waals surface area contributed by atoms with E-state index in [-0.39, 0.29) is 10.7 Å². The minimum atomic E-state index is -3.83. The molecule has 9 heteroatoms. The second kappa shape index (κ2) is 4.50. The Bertz CT molecular complexity index is 812. The number of sulfonamides is 1. The fourth-order valence-corrected chi connectivity index (χ4v) is 4.84. The number of nitrogens with two attached hydrogens (primary N) is 1. The number of nitrogens with one attached hydrogen (secondary N) is 2. The topological polar surface area (TPSA) is 125 Å². The van der Waals surface area contributed by atoms with E-state index in [4.69, 9.17) is 5.73 Å². The zero-order valence-corrected chi connectivity index (χ0v) is 11.9. The third kappa shape index (κ3) is 1.93. The first-order chi connectivity index (χ1) is 9.53. The predicted molar refractivity (Wildman–Crippen MR) is 74.9 cm³/mol. The summed E-state index contributed by atoms with van der Waals surface area (Å²) in [5.74, 6) is -0.0277. The molecule has 0 atom stereocenters. The Kier molecular flexibility index (Phi) is 2.92. The van der Waals surface area contributed by atoms with Gasteiger partial charge in [0.15, 0.2) is 0 Å². The molecule has 1 aliphatic carbocycles. The lowest BCUT2D eigenvalue weighted by Crippen LogP contribution is -2.13. The summed E-state index contributed by atoms with van der Waals surface area (Å²) in [6.07, 6.45) is 3.87. The van der Waals surface area contributed by atoms with E-state index in [1.165, 1.54) is 11.3 Å². The molecule has 0 spiro atoms. The van der Waals surface area contributed by atoms with Crippen molar-refractivity contribution in [3.8, 4) is 6.07 Å². The Labute approximate surface area is 119 Å². The smallest absolute Gasteiger partial charge is 0.267 e. The lowest BCUT2D eigenvalue weighted by Gasteiger charge is -2.05. The van der Waals surface area contributed by atoms with Crippen LogP contribution in [-0.2, 0) is 22.9 Å². The van der Waals surface area contributed by atoms with Crippen molar-refractivity contribution < 1.29 is 8.42 Å². The standard InChI is InChI=1S/C11H11N5O2S2/c12-4-7-6-2-1-3-8(6)19-11(7)16-20(17,18)9-5-14-15-10(9)13/h5,16H,1-3H2,(H3,13,14,15). The monoisotopic (exact) mass is 309 g/mol. The number of nitrogen functional groups attached to an aromatic ring is 1. The van der Waals surface area contributed by atoms with Gasteiger partial charge in [-0.15, -0.1) is 11.3 Å². The van der Waals surface area contributed by atoms with Gasteiger partial charge in [0.25, 0.3) is 10.0 Å². The van der Waals surface area contributed by atoms with E-state index in [1.807, 2.05) is 0 Å². The normalized spacial score (nSPS) is 13.9. The first-order valence-electron chi connectivity index (χ1n) is 5.89. The number of nitriles is 1. The van der Waals surface area contributed by atoms with Gasteiger partial charge in [-0.1, -0.05) is 0 Å². The molecule has 7 nitrogen and oxygen atoms in total. The molecule has 20 heavy (non-hydrogen) atoms. The summed E-state index contributed by atoms with van der Waals surface area (Å²) >= 11 is 1.32. The van der Waals surface area contributed by atoms with Gasteiger partial charge in [0.1, 0.15) is 21.8 Å². The van der Waals surface area contributed by atoms with Crippen molar-refractivity contribution in [3.05, 3.63) is 22.2 Å². The average Bonchev–Trinajstić information content (AvgIpc) is 3.04. The van der Waals surface area contributed by atoms with Crippen LogP contribution in [0, 0.1) is 11.3 Å². The summed E-state index contributed by atoms with van der Waals surface area (Å²) in [4.78, 5) is 0.967. The Balaban J connectivity index is 2.01. The van der Waals surface area contributed by atoms with Gasteiger partial charge in [-0.3, -0.25) is 9.82 Å². The fraction of sp³-hybridized carbons (Fsp3) is 0.273. The number of aryl methyl sites for hydroxylation is 1. The number of H-pyrrole nitrogens is 1. The van der Waals surface area contributed by atoms with Crippen LogP contribution in [0.2, 0.25) is 0 Å². The van der Waals surface area contributed by atoms with Gasteiger partial charge in [-0.25, -0.2) is 8.42 Å². The van der Waals surface area contributed by atoms with Crippen LogP contribution < -0.4 is 10.5 Å². The van der Waals surface area contributed by atoms with E-state index in [2.05, 4.69) is 21.0 Å². The van der Waals surface area contributed by atoms with Crippen LogP contribution >= 0.6 is 11.3 Å². The Morgan fingerprint density at radius 2 is 2.30 bits per heavy atom. The number of fused-ring (bicyclic) bond motifs is 1. The summed E-state index contributed by atoms with van der Waals surface area (Å²) in [6.45, 7) is 0. The molecule has 0 saturated carbocycles. The molecule has 0 amide bonds. The zero-order valence-electron chi connectivity index (χ0n) is 10.3. The molecule has 2 heterocycles. The summed E-state index contributed by atoms with van der Waals surface area (Å²) in [6, 6.07) is 2.09.